The van der Waals surface area contributed by atoms with Crippen LogP contribution in [0, 0.1) is 0 Å². The second-order valence-corrected chi connectivity index (χ2v) is 12.6. The standard InChI is InChI=1S/C46H29N3/c1-3-12-30(13-4-1)42-29-47-45-39-24-22-33(27-40(39)36-18-7-8-20-38(36)46(45)48-42)31-14-11-15-32(26-31)34-23-25-44-41(28-34)37-19-9-10-21-43(37)49(44)35-16-5-2-6-17-35/h1-29H. The molecule has 0 fully saturated rings. The van der Waals surface area contributed by atoms with Crippen LogP contribution in [0.4, 0.5) is 0 Å². The Morgan fingerprint density at radius 1 is 0.347 bits per heavy atom. The van der Waals surface area contributed by atoms with Gasteiger partial charge in [0.25, 0.3) is 0 Å². The minimum atomic E-state index is 0.883. The van der Waals surface area contributed by atoms with Crippen molar-refractivity contribution in [3.63, 3.8) is 0 Å². The summed E-state index contributed by atoms with van der Waals surface area (Å²) in [5.41, 5.74) is 12.2. The quantitative estimate of drug-likeness (QED) is 0.183. The van der Waals surface area contributed by atoms with Crippen molar-refractivity contribution in [3.8, 4) is 39.2 Å². The lowest BCUT2D eigenvalue weighted by atomic mass is 9.94. The molecule has 0 N–H and O–H groups in total. The number of para-hydroxylation sites is 2. The summed E-state index contributed by atoms with van der Waals surface area (Å²) in [5.74, 6) is 0. The van der Waals surface area contributed by atoms with Gasteiger partial charge < -0.3 is 4.57 Å². The molecule has 0 amide bonds. The molecule has 0 saturated carbocycles. The second kappa shape index (κ2) is 11.0. The van der Waals surface area contributed by atoms with Gasteiger partial charge in [0.2, 0.25) is 0 Å². The molecule has 0 spiro atoms. The summed E-state index contributed by atoms with van der Waals surface area (Å²) in [6.45, 7) is 0. The molecule has 228 valence electrons. The molecule has 3 heteroatoms. The van der Waals surface area contributed by atoms with E-state index in [4.69, 9.17) is 9.97 Å². The zero-order valence-electron chi connectivity index (χ0n) is 26.6. The summed E-state index contributed by atoms with van der Waals surface area (Å²) in [7, 11) is 0. The molecule has 0 bridgehead atoms. The molecule has 0 saturated heterocycles. The number of fused-ring (bicyclic) bond motifs is 9. The van der Waals surface area contributed by atoms with Crippen molar-refractivity contribution in [1.82, 2.24) is 14.5 Å². The Morgan fingerprint density at radius 3 is 1.71 bits per heavy atom. The predicted octanol–water partition coefficient (Wildman–Crippen LogP) is 12.0. The molecule has 10 aromatic rings. The van der Waals surface area contributed by atoms with E-state index in [9.17, 15) is 0 Å². The maximum atomic E-state index is 5.14. The molecule has 10 rings (SSSR count). The van der Waals surface area contributed by atoms with E-state index in [-0.39, 0.29) is 0 Å². The molecule has 0 aliphatic heterocycles. The molecule has 49 heavy (non-hydrogen) atoms. The van der Waals surface area contributed by atoms with Gasteiger partial charge in [-0.1, -0.05) is 127 Å². The summed E-state index contributed by atoms with van der Waals surface area (Å²) >= 11 is 0. The number of rotatable bonds is 4. The molecule has 8 aromatic carbocycles. The highest BCUT2D eigenvalue weighted by Crippen LogP contribution is 2.38. The predicted molar refractivity (Wildman–Crippen MR) is 205 cm³/mol. The normalized spacial score (nSPS) is 11.7. The highest BCUT2D eigenvalue weighted by Gasteiger charge is 2.15. The summed E-state index contributed by atoms with van der Waals surface area (Å²) in [6.07, 6.45) is 1.90. The van der Waals surface area contributed by atoms with Gasteiger partial charge >= 0.3 is 0 Å². The number of benzene rings is 8. The first-order valence-corrected chi connectivity index (χ1v) is 16.7. The lowest BCUT2D eigenvalue weighted by Gasteiger charge is -2.13. The molecule has 2 heterocycles. The molecule has 0 aliphatic rings. The molecule has 3 nitrogen and oxygen atoms in total. The van der Waals surface area contributed by atoms with Gasteiger partial charge in [-0.25, -0.2) is 4.98 Å². The van der Waals surface area contributed by atoms with E-state index in [2.05, 4.69) is 156 Å². The van der Waals surface area contributed by atoms with E-state index in [0.29, 0.717) is 0 Å². The highest BCUT2D eigenvalue weighted by molar-refractivity contribution is 6.23. The second-order valence-electron chi connectivity index (χ2n) is 12.6. The summed E-state index contributed by atoms with van der Waals surface area (Å²) in [5, 5.41) is 7.10. The minimum absolute atomic E-state index is 0.883. The smallest absolute Gasteiger partial charge is 0.0979 e. The van der Waals surface area contributed by atoms with Crippen molar-refractivity contribution in [2.45, 2.75) is 0 Å². The van der Waals surface area contributed by atoms with Crippen LogP contribution >= 0.6 is 0 Å². The minimum Gasteiger partial charge on any atom is -0.309 e. The SMILES string of the molecule is c1ccc(-c2cnc3c4ccc(-c5cccc(-c6ccc7c(c6)c6ccccc6n7-c6ccccc6)c5)cc4c4ccccc4c3n2)cc1. The van der Waals surface area contributed by atoms with Crippen LogP contribution in [0.5, 0.6) is 0 Å². The maximum absolute atomic E-state index is 5.14. The zero-order valence-corrected chi connectivity index (χ0v) is 26.6. The van der Waals surface area contributed by atoms with Crippen molar-refractivity contribution in [2.75, 3.05) is 0 Å². The summed E-state index contributed by atoms with van der Waals surface area (Å²) in [6, 6.07) is 60.7. The van der Waals surface area contributed by atoms with E-state index >= 15 is 0 Å². The van der Waals surface area contributed by atoms with Crippen LogP contribution in [-0.2, 0) is 0 Å². The Morgan fingerprint density at radius 2 is 0.918 bits per heavy atom. The largest absolute Gasteiger partial charge is 0.309 e. The summed E-state index contributed by atoms with van der Waals surface area (Å²) < 4.78 is 2.36. The molecule has 0 atom stereocenters. The van der Waals surface area contributed by atoms with Gasteiger partial charge in [0.1, 0.15) is 0 Å². The maximum Gasteiger partial charge on any atom is 0.0979 e. The fourth-order valence-electron chi connectivity index (χ4n) is 7.49. The molecule has 0 aliphatic carbocycles. The third kappa shape index (κ3) is 4.44. The van der Waals surface area contributed by atoms with Crippen molar-refractivity contribution in [2.24, 2.45) is 0 Å². The molecule has 0 radical (unpaired) electrons. The fourth-order valence-corrected chi connectivity index (χ4v) is 7.49. The van der Waals surface area contributed by atoms with Crippen LogP contribution in [0.1, 0.15) is 0 Å². The van der Waals surface area contributed by atoms with Gasteiger partial charge in [-0.3, -0.25) is 4.98 Å². The number of hydrogen-bond donors (Lipinski definition) is 0. The Hall–Kier alpha value is -6.58. The first-order chi connectivity index (χ1) is 24.3. The van der Waals surface area contributed by atoms with E-state index in [0.717, 1.165) is 33.1 Å². The fraction of sp³-hybridized carbons (Fsp3) is 0. The molecule has 2 aromatic heterocycles. The van der Waals surface area contributed by atoms with Crippen molar-refractivity contribution >= 4 is 54.4 Å². The zero-order chi connectivity index (χ0) is 32.3. The van der Waals surface area contributed by atoms with Crippen molar-refractivity contribution in [1.29, 1.82) is 0 Å². The molecule has 0 unspecified atom stereocenters. The number of aromatic nitrogens is 3. The molecular formula is C46H29N3. The van der Waals surface area contributed by atoms with Crippen LogP contribution < -0.4 is 0 Å². The van der Waals surface area contributed by atoms with Gasteiger partial charge in [0, 0.05) is 32.8 Å². The van der Waals surface area contributed by atoms with Gasteiger partial charge in [-0.05, 0) is 75.5 Å². The van der Waals surface area contributed by atoms with E-state index in [1.165, 1.54) is 60.5 Å². The number of nitrogens with zero attached hydrogens (tertiary/aromatic N) is 3. The lowest BCUT2D eigenvalue weighted by Crippen LogP contribution is -1.93. The van der Waals surface area contributed by atoms with Crippen molar-refractivity contribution < 1.29 is 0 Å². The average Bonchev–Trinajstić information content (AvgIpc) is 3.52. The Labute approximate surface area is 283 Å². The van der Waals surface area contributed by atoms with Crippen molar-refractivity contribution in [3.05, 3.63) is 176 Å². The molecular weight excluding hydrogens is 595 g/mol. The van der Waals surface area contributed by atoms with E-state index in [1.807, 2.05) is 24.4 Å². The number of hydrogen-bond acceptors (Lipinski definition) is 2. The Kier molecular flexibility index (Phi) is 6.18. The van der Waals surface area contributed by atoms with Gasteiger partial charge in [0.15, 0.2) is 0 Å². The average molecular weight is 624 g/mol. The Balaban J connectivity index is 1.11. The van der Waals surface area contributed by atoms with E-state index < -0.39 is 0 Å². The van der Waals surface area contributed by atoms with Gasteiger partial charge in [-0.15, -0.1) is 0 Å². The van der Waals surface area contributed by atoms with Crippen LogP contribution in [-0.4, -0.2) is 14.5 Å². The monoisotopic (exact) mass is 623 g/mol. The first-order valence-electron chi connectivity index (χ1n) is 16.7. The third-order valence-corrected chi connectivity index (χ3v) is 9.81. The van der Waals surface area contributed by atoms with Gasteiger partial charge in [0.05, 0.1) is 34.0 Å². The van der Waals surface area contributed by atoms with Crippen LogP contribution in [0.2, 0.25) is 0 Å². The van der Waals surface area contributed by atoms with Crippen LogP contribution in [0.15, 0.2) is 176 Å². The lowest BCUT2D eigenvalue weighted by molar-refractivity contribution is 1.18. The van der Waals surface area contributed by atoms with Gasteiger partial charge in [-0.2, -0.15) is 0 Å². The highest BCUT2D eigenvalue weighted by atomic mass is 15.0. The topological polar surface area (TPSA) is 30.7 Å². The van der Waals surface area contributed by atoms with Crippen LogP contribution in [0.3, 0.4) is 0 Å². The first kappa shape index (κ1) is 27.5. The van der Waals surface area contributed by atoms with E-state index in [1.54, 1.807) is 0 Å². The third-order valence-electron chi connectivity index (χ3n) is 9.81. The Bertz CT molecular complexity index is 2850. The van der Waals surface area contributed by atoms with Crippen LogP contribution in [0.25, 0.3) is 93.6 Å². The summed E-state index contributed by atoms with van der Waals surface area (Å²) in [4.78, 5) is 10.1.